The number of ether oxygens (including phenoxy) is 1. The van der Waals surface area contributed by atoms with E-state index in [0.29, 0.717) is 28.2 Å². The predicted octanol–water partition coefficient (Wildman–Crippen LogP) is 5.47. The third kappa shape index (κ3) is 9.33. The Balaban J connectivity index is 1.29. The lowest BCUT2D eigenvalue weighted by molar-refractivity contribution is 0.0635. The molecule has 4 aromatic rings. The van der Waals surface area contributed by atoms with Crippen LogP contribution >= 0.6 is 15.9 Å². The minimum absolute atomic E-state index is 0.0476. The summed E-state index contributed by atoms with van der Waals surface area (Å²) in [4.78, 5) is 41.9. The van der Waals surface area contributed by atoms with E-state index in [1.54, 1.807) is 45.0 Å². The average molecular weight is 698 g/mol. The number of anilines is 3. The minimum Gasteiger partial charge on any atom is -0.444 e. The summed E-state index contributed by atoms with van der Waals surface area (Å²) in [7, 11) is 0. The van der Waals surface area contributed by atoms with Crippen molar-refractivity contribution in [2.24, 2.45) is 4.99 Å². The Bertz CT molecular complexity index is 1740. The number of halogens is 2. The molecule has 0 radical (unpaired) electrons. The molecule has 46 heavy (non-hydrogen) atoms. The summed E-state index contributed by atoms with van der Waals surface area (Å²) in [5.74, 6) is -1.29. The van der Waals surface area contributed by atoms with Gasteiger partial charge < -0.3 is 20.7 Å². The molecule has 4 rings (SSSR count). The molecule has 3 amide bonds. The molecule has 0 spiro atoms. The number of carbonyl (C=O) groups excluding carboxylic acids is 3. The number of aromatic nitrogens is 2. The molecule has 1 heterocycles. The van der Waals surface area contributed by atoms with Crippen molar-refractivity contribution in [3.05, 3.63) is 93.8 Å². The lowest BCUT2D eigenvalue weighted by atomic mass is 10.1. The van der Waals surface area contributed by atoms with Crippen molar-refractivity contribution in [2.45, 2.75) is 26.4 Å². The van der Waals surface area contributed by atoms with Crippen LogP contribution in [0.5, 0.6) is 0 Å². The summed E-state index contributed by atoms with van der Waals surface area (Å²) in [6.07, 6.45) is -0.658. The van der Waals surface area contributed by atoms with Gasteiger partial charge in [-0.05, 0) is 102 Å². The second-order valence-electron chi connectivity index (χ2n) is 10.5. The van der Waals surface area contributed by atoms with Crippen molar-refractivity contribution in [3.8, 4) is 0 Å². The fraction of sp³-hybridized carbons (Fsp3) is 0.200. The Kier molecular flexibility index (Phi) is 11.0. The van der Waals surface area contributed by atoms with Crippen LogP contribution in [0.25, 0.3) is 0 Å². The van der Waals surface area contributed by atoms with Gasteiger partial charge >= 0.3 is 6.09 Å². The van der Waals surface area contributed by atoms with Gasteiger partial charge in [-0.25, -0.2) is 18.8 Å². The van der Waals surface area contributed by atoms with Crippen LogP contribution < -0.4 is 26.7 Å². The number of aliphatic imine (C=N–C) groups is 1. The molecular weight excluding hydrogens is 667 g/mol. The maximum absolute atomic E-state index is 13.5. The highest BCUT2D eigenvalue weighted by Crippen LogP contribution is 2.24. The molecule has 0 saturated carbocycles. The molecule has 0 aliphatic rings. The van der Waals surface area contributed by atoms with Gasteiger partial charge in [-0.15, -0.1) is 0 Å². The third-order valence-corrected chi connectivity index (χ3v) is 6.49. The molecule has 3 aromatic carbocycles. The van der Waals surface area contributed by atoms with E-state index in [1.165, 1.54) is 42.5 Å². The number of nitrogens with one attached hydrogen (secondary N) is 5. The van der Waals surface area contributed by atoms with Crippen LogP contribution in [-0.4, -0.2) is 58.0 Å². The van der Waals surface area contributed by atoms with Gasteiger partial charge in [-0.3, -0.25) is 25.6 Å². The first-order chi connectivity index (χ1) is 21.9. The van der Waals surface area contributed by atoms with E-state index in [2.05, 4.69) is 52.5 Å². The van der Waals surface area contributed by atoms with Crippen molar-refractivity contribution in [1.29, 1.82) is 0 Å². The number of carbonyl (C=O) groups is 3. The molecule has 6 N–H and O–H groups in total. The van der Waals surface area contributed by atoms with Gasteiger partial charge in [-0.2, -0.15) is 0 Å². The first kappa shape index (κ1) is 33.5. The lowest BCUT2D eigenvalue weighted by Crippen LogP contribution is -2.29. The molecule has 0 unspecified atom stereocenters. The molecule has 0 atom stereocenters. The zero-order valence-electron chi connectivity index (χ0n) is 24.9. The Labute approximate surface area is 270 Å². The van der Waals surface area contributed by atoms with E-state index < -0.39 is 23.4 Å². The molecule has 1 aromatic heterocycles. The second-order valence-corrected chi connectivity index (χ2v) is 11.4. The number of hydrogen-bond donors (Lipinski definition) is 6. The number of nitrogens with zero attached hydrogens (tertiary/aromatic N) is 3. The van der Waals surface area contributed by atoms with Crippen LogP contribution in [0.1, 0.15) is 47.2 Å². The number of hydrogen-bond acceptors (Lipinski definition) is 10. The van der Waals surface area contributed by atoms with Gasteiger partial charge in [0.15, 0.2) is 11.5 Å². The third-order valence-electron chi connectivity index (χ3n) is 5.89. The normalized spacial score (nSPS) is 11.4. The number of para-hydroxylation sites is 2. The molecule has 0 aliphatic carbocycles. The van der Waals surface area contributed by atoms with Gasteiger partial charge in [-0.1, -0.05) is 12.1 Å². The SMILES string of the molecule is CC(C)(C)OC(=O)Nc1ccccc1NC(=O)c1ccc(C(=O)NCCNc2nonc2C(=Nc2ccc(F)c(Br)c2)NO)cc1. The van der Waals surface area contributed by atoms with Gasteiger partial charge in [0.05, 0.1) is 21.5 Å². The first-order valence-corrected chi connectivity index (χ1v) is 14.5. The van der Waals surface area contributed by atoms with Gasteiger partial charge in [0, 0.05) is 24.2 Å². The highest BCUT2D eigenvalue weighted by molar-refractivity contribution is 9.10. The molecule has 240 valence electrons. The predicted molar refractivity (Wildman–Crippen MR) is 171 cm³/mol. The van der Waals surface area contributed by atoms with E-state index in [9.17, 15) is 24.0 Å². The van der Waals surface area contributed by atoms with Crippen LogP contribution in [0.3, 0.4) is 0 Å². The number of amides is 3. The minimum atomic E-state index is -0.687. The largest absolute Gasteiger partial charge is 0.444 e. The summed E-state index contributed by atoms with van der Waals surface area (Å²) < 4.78 is 23.8. The number of rotatable bonds is 10. The monoisotopic (exact) mass is 696 g/mol. The van der Waals surface area contributed by atoms with E-state index in [4.69, 9.17) is 9.37 Å². The smallest absolute Gasteiger partial charge is 0.412 e. The first-order valence-electron chi connectivity index (χ1n) is 13.7. The van der Waals surface area contributed by atoms with Gasteiger partial charge in [0.1, 0.15) is 11.4 Å². The highest BCUT2D eigenvalue weighted by Gasteiger charge is 2.19. The topological polar surface area (TPSA) is 192 Å². The van der Waals surface area contributed by atoms with Gasteiger partial charge in [0.2, 0.25) is 5.82 Å². The van der Waals surface area contributed by atoms with Crippen molar-refractivity contribution in [3.63, 3.8) is 0 Å². The van der Waals surface area contributed by atoms with Crippen molar-refractivity contribution in [1.82, 2.24) is 21.1 Å². The van der Waals surface area contributed by atoms with E-state index in [0.717, 1.165) is 0 Å². The Hall–Kier alpha value is -5.35. The molecule has 16 heteroatoms. The summed E-state index contributed by atoms with van der Waals surface area (Å²) in [5, 5.41) is 28.1. The summed E-state index contributed by atoms with van der Waals surface area (Å²) in [5.41, 5.74) is 2.93. The Morgan fingerprint density at radius 3 is 2.22 bits per heavy atom. The zero-order valence-corrected chi connectivity index (χ0v) is 26.4. The molecule has 0 saturated heterocycles. The zero-order chi connectivity index (χ0) is 33.3. The van der Waals surface area contributed by atoms with Crippen LogP contribution in [0.4, 0.5) is 32.1 Å². The quantitative estimate of drug-likeness (QED) is 0.0536. The second kappa shape index (κ2) is 15.1. The van der Waals surface area contributed by atoms with Crippen molar-refractivity contribution < 1.29 is 33.3 Å². The van der Waals surface area contributed by atoms with Crippen LogP contribution in [0, 0.1) is 5.82 Å². The fourth-order valence-electron chi connectivity index (χ4n) is 3.82. The van der Waals surface area contributed by atoms with E-state index in [-0.39, 0.29) is 40.8 Å². The average Bonchev–Trinajstić information content (AvgIpc) is 3.48. The van der Waals surface area contributed by atoms with Crippen LogP contribution in [-0.2, 0) is 4.74 Å². The molecule has 14 nitrogen and oxygen atoms in total. The van der Waals surface area contributed by atoms with E-state index in [1.807, 2.05) is 5.48 Å². The van der Waals surface area contributed by atoms with E-state index >= 15 is 0 Å². The lowest BCUT2D eigenvalue weighted by Gasteiger charge is -2.20. The standard InChI is InChI=1S/C30H30BrFN8O6/c1-30(2,3)45-29(43)37-23-7-5-4-6-22(23)36-28(42)18-10-8-17(9-11-18)27(41)34-15-14-33-25-24(39-46-40-25)26(38-44)35-19-12-13-21(32)20(31)16-19/h4-13,16,44H,14-15H2,1-3H3,(H,33,40)(H,34,41)(H,35,38)(H,36,42)(H,37,43). The fourth-order valence-corrected chi connectivity index (χ4v) is 4.18. The van der Waals surface area contributed by atoms with Crippen LogP contribution in [0.15, 0.2) is 80.8 Å². The number of amidine groups is 1. The molecule has 0 bridgehead atoms. The maximum atomic E-state index is 13.5. The summed E-state index contributed by atoms with van der Waals surface area (Å²) >= 11 is 3.08. The summed E-state index contributed by atoms with van der Waals surface area (Å²) in [6, 6.07) is 16.7. The summed E-state index contributed by atoms with van der Waals surface area (Å²) in [6.45, 7) is 5.60. The molecular formula is C30H30BrFN8O6. The van der Waals surface area contributed by atoms with Crippen LogP contribution in [0.2, 0.25) is 0 Å². The Morgan fingerprint density at radius 1 is 0.935 bits per heavy atom. The van der Waals surface area contributed by atoms with Crippen molar-refractivity contribution >= 4 is 62.6 Å². The number of hydroxylamine groups is 1. The highest BCUT2D eigenvalue weighted by atomic mass is 79.9. The number of benzene rings is 3. The Morgan fingerprint density at radius 2 is 1.59 bits per heavy atom. The van der Waals surface area contributed by atoms with Crippen molar-refractivity contribution in [2.75, 3.05) is 29.0 Å². The maximum Gasteiger partial charge on any atom is 0.412 e. The van der Waals surface area contributed by atoms with Gasteiger partial charge in [0.25, 0.3) is 11.8 Å². The molecule has 0 aliphatic heterocycles. The molecule has 0 fully saturated rings.